The predicted octanol–water partition coefficient (Wildman–Crippen LogP) is 2.08. The van der Waals surface area contributed by atoms with E-state index in [1.807, 2.05) is 4.90 Å². The Morgan fingerprint density at radius 3 is 2.94 bits per heavy atom. The van der Waals surface area contributed by atoms with Crippen LogP contribution in [0, 0.1) is 5.82 Å². The lowest BCUT2D eigenvalue weighted by atomic mass is 9.95. The fourth-order valence-corrected chi connectivity index (χ4v) is 5.46. The molecule has 10 heteroatoms. The summed E-state index contributed by atoms with van der Waals surface area (Å²) in [6.45, 7) is 2.56. The van der Waals surface area contributed by atoms with Crippen molar-refractivity contribution in [2.45, 2.75) is 50.5 Å². The van der Waals surface area contributed by atoms with Crippen molar-refractivity contribution in [1.82, 2.24) is 30.0 Å². The summed E-state index contributed by atoms with van der Waals surface area (Å²) < 4.78 is 37.7. The number of ether oxygens (including phenoxy) is 1. The summed E-state index contributed by atoms with van der Waals surface area (Å²) >= 11 is 0. The lowest BCUT2D eigenvalue weighted by Crippen LogP contribution is -2.47. The van der Waals surface area contributed by atoms with Gasteiger partial charge in [-0.15, -0.1) is 5.10 Å². The number of aryl methyl sites for hydroxylation is 1. The molecular formula is C24H26F2N6O2. The van der Waals surface area contributed by atoms with Crippen molar-refractivity contribution in [3.05, 3.63) is 57.4 Å². The van der Waals surface area contributed by atoms with Crippen molar-refractivity contribution in [3.8, 4) is 5.88 Å². The van der Waals surface area contributed by atoms with E-state index in [-0.39, 0.29) is 35.8 Å². The van der Waals surface area contributed by atoms with Crippen molar-refractivity contribution in [3.63, 3.8) is 0 Å². The summed E-state index contributed by atoms with van der Waals surface area (Å²) in [4.78, 5) is 18.4. The maximum Gasteiger partial charge on any atom is 0.251 e. The topological polar surface area (TPSA) is 85.2 Å². The van der Waals surface area contributed by atoms with Gasteiger partial charge in [0.25, 0.3) is 5.56 Å². The van der Waals surface area contributed by atoms with Gasteiger partial charge in [0.2, 0.25) is 5.88 Å². The zero-order valence-electron chi connectivity index (χ0n) is 18.8. The molecule has 34 heavy (non-hydrogen) atoms. The SMILES string of the molecule is O=c1ccc2ncc(F)c3c2n1CC3(F)CN1CCC(NCc2cc3c(nn2)OCCC3)CC1. The Morgan fingerprint density at radius 1 is 1.24 bits per heavy atom. The molecule has 6 rings (SSSR count). The predicted molar refractivity (Wildman–Crippen MR) is 121 cm³/mol. The molecule has 3 aromatic rings. The zero-order valence-corrected chi connectivity index (χ0v) is 18.8. The monoisotopic (exact) mass is 468 g/mol. The largest absolute Gasteiger partial charge is 0.476 e. The number of piperidine rings is 1. The van der Waals surface area contributed by atoms with Crippen LogP contribution < -0.4 is 15.6 Å². The van der Waals surface area contributed by atoms with Crippen LogP contribution in [0.3, 0.4) is 0 Å². The van der Waals surface area contributed by atoms with Crippen LogP contribution in [0.5, 0.6) is 5.88 Å². The van der Waals surface area contributed by atoms with Crippen molar-refractivity contribution >= 4 is 11.0 Å². The molecule has 1 atom stereocenters. The Morgan fingerprint density at radius 2 is 2.09 bits per heavy atom. The summed E-state index contributed by atoms with van der Waals surface area (Å²) in [5, 5.41) is 12.0. The molecule has 0 spiro atoms. The molecule has 1 unspecified atom stereocenters. The van der Waals surface area contributed by atoms with Crippen LogP contribution >= 0.6 is 0 Å². The first-order chi connectivity index (χ1) is 16.5. The van der Waals surface area contributed by atoms with Crippen LogP contribution in [0.15, 0.2) is 29.2 Å². The molecule has 6 heterocycles. The first kappa shape index (κ1) is 21.5. The van der Waals surface area contributed by atoms with Gasteiger partial charge in [0.05, 0.1) is 41.6 Å². The molecule has 178 valence electrons. The second-order valence-corrected chi connectivity index (χ2v) is 9.49. The fourth-order valence-electron chi connectivity index (χ4n) is 5.46. The van der Waals surface area contributed by atoms with E-state index in [9.17, 15) is 9.18 Å². The number of pyridine rings is 2. The minimum absolute atomic E-state index is 0.0367. The van der Waals surface area contributed by atoms with E-state index >= 15 is 4.39 Å². The summed E-state index contributed by atoms with van der Waals surface area (Å²) in [6.07, 6.45) is 4.70. The number of fused-ring (bicyclic) bond motifs is 1. The van der Waals surface area contributed by atoms with Gasteiger partial charge < -0.3 is 14.6 Å². The van der Waals surface area contributed by atoms with Gasteiger partial charge >= 0.3 is 0 Å². The standard InChI is InChI=1S/C24H26F2N6O2/c25-18-12-28-19-3-4-20(33)32-14-24(26,21(18)22(19)32)13-31-7-5-16(6-8-31)27-11-17-10-15-2-1-9-34-23(15)30-29-17/h3-4,10,12,16,27H,1-2,5-9,11,13-14H2. The number of hydrogen-bond acceptors (Lipinski definition) is 7. The third-order valence-electron chi connectivity index (χ3n) is 7.16. The average Bonchev–Trinajstić information content (AvgIpc) is 3.17. The smallest absolute Gasteiger partial charge is 0.251 e. The first-order valence-corrected chi connectivity index (χ1v) is 11.8. The summed E-state index contributed by atoms with van der Waals surface area (Å²) in [5.74, 6) is -0.0531. The Labute approximate surface area is 195 Å². The number of halogens is 2. The number of rotatable bonds is 5. The summed E-state index contributed by atoms with van der Waals surface area (Å²) in [5.41, 5.74) is 0.389. The summed E-state index contributed by atoms with van der Waals surface area (Å²) in [7, 11) is 0. The highest BCUT2D eigenvalue weighted by Gasteiger charge is 2.45. The van der Waals surface area contributed by atoms with E-state index in [4.69, 9.17) is 4.74 Å². The van der Waals surface area contributed by atoms with Crippen molar-refractivity contribution in [2.75, 3.05) is 26.2 Å². The van der Waals surface area contributed by atoms with E-state index in [1.165, 1.54) is 16.7 Å². The zero-order chi connectivity index (χ0) is 23.3. The molecule has 0 amide bonds. The van der Waals surface area contributed by atoms with Crippen LogP contribution in [0.4, 0.5) is 8.78 Å². The molecule has 1 fully saturated rings. The summed E-state index contributed by atoms with van der Waals surface area (Å²) in [6, 6.07) is 5.23. The highest BCUT2D eigenvalue weighted by atomic mass is 19.1. The fraction of sp³-hybridized carbons (Fsp3) is 0.500. The number of hydrogen-bond donors (Lipinski definition) is 1. The molecule has 1 saturated heterocycles. The number of alkyl halides is 1. The van der Waals surface area contributed by atoms with Crippen molar-refractivity contribution in [2.24, 2.45) is 0 Å². The lowest BCUT2D eigenvalue weighted by molar-refractivity contribution is 0.0636. The molecule has 0 radical (unpaired) electrons. The molecule has 3 aliphatic rings. The van der Waals surface area contributed by atoms with Gasteiger partial charge in [0.15, 0.2) is 5.67 Å². The van der Waals surface area contributed by atoms with E-state index in [2.05, 4.69) is 26.6 Å². The normalized spacial score (nSPS) is 22.6. The molecule has 0 saturated carbocycles. The quantitative estimate of drug-likeness (QED) is 0.614. The molecule has 8 nitrogen and oxygen atoms in total. The molecule has 3 aromatic heterocycles. The van der Waals surface area contributed by atoms with E-state index in [0.717, 1.165) is 43.1 Å². The Bertz CT molecular complexity index is 1310. The Kier molecular flexibility index (Phi) is 5.29. The molecule has 0 aromatic carbocycles. The van der Waals surface area contributed by atoms with E-state index in [0.29, 0.717) is 37.6 Å². The Balaban J connectivity index is 1.09. The highest BCUT2D eigenvalue weighted by Crippen LogP contribution is 2.41. The van der Waals surface area contributed by atoms with E-state index < -0.39 is 11.5 Å². The molecule has 0 bridgehead atoms. The van der Waals surface area contributed by atoms with Gasteiger partial charge in [0, 0.05) is 30.8 Å². The van der Waals surface area contributed by atoms with E-state index in [1.54, 1.807) is 0 Å². The minimum Gasteiger partial charge on any atom is -0.476 e. The Hall–Kier alpha value is -2.98. The third kappa shape index (κ3) is 3.74. The van der Waals surface area contributed by atoms with Crippen molar-refractivity contribution < 1.29 is 13.5 Å². The third-order valence-corrected chi connectivity index (χ3v) is 7.16. The van der Waals surface area contributed by atoms with Gasteiger partial charge in [-0.25, -0.2) is 8.78 Å². The number of aromatic nitrogens is 4. The van der Waals surface area contributed by atoms with Gasteiger partial charge in [-0.1, -0.05) is 0 Å². The maximum absolute atomic E-state index is 16.2. The molecule has 3 aliphatic heterocycles. The minimum atomic E-state index is -1.96. The van der Waals surface area contributed by atoms with Gasteiger partial charge in [-0.3, -0.25) is 14.7 Å². The van der Waals surface area contributed by atoms with Gasteiger partial charge in [-0.05, 0) is 50.9 Å². The number of nitrogens with zero attached hydrogens (tertiary/aromatic N) is 5. The van der Waals surface area contributed by atoms with Crippen LogP contribution in [-0.2, 0) is 25.2 Å². The van der Waals surface area contributed by atoms with Gasteiger partial charge in [0.1, 0.15) is 5.82 Å². The van der Waals surface area contributed by atoms with Crippen molar-refractivity contribution in [1.29, 1.82) is 0 Å². The van der Waals surface area contributed by atoms with Gasteiger partial charge in [-0.2, -0.15) is 5.10 Å². The lowest BCUT2D eigenvalue weighted by Gasteiger charge is -2.36. The highest BCUT2D eigenvalue weighted by molar-refractivity contribution is 5.81. The molecule has 0 aliphatic carbocycles. The molecular weight excluding hydrogens is 442 g/mol. The second kappa shape index (κ2) is 8.35. The molecule has 1 N–H and O–H groups in total. The second-order valence-electron chi connectivity index (χ2n) is 9.49. The first-order valence-electron chi connectivity index (χ1n) is 11.8. The number of nitrogens with one attached hydrogen (secondary N) is 1. The van der Waals surface area contributed by atoms with Crippen LogP contribution in [0.2, 0.25) is 0 Å². The maximum atomic E-state index is 16.2. The average molecular weight is 469 g/mol. The van der Waals surface area contributed by atoms with Crippen LogP contribution in [0.25, 0.3) is 11.0 Å². The van der Waals surface area contributed by atoms with Crippen LogP contribution in [-0.4, -0.2) is 56.9 Å². The van der Waals surface area contributed by atoms with Crippen LogP contribution in [0.1, 0.15) is 36.1 Å². The number of likely N-dealkylation sites (tertiary alicyclic amines) is 1.